The van der Waals surface area contributed by atoms with Crippen LogP contribution in [0.4, 0.5) is 0 Å². The van der Waals surface area contributed by atoms with E-state index in [-0.39, 0.29) is 0 Å². The number of nitrogens with one attached hydrogen (secondary N) is 1. The van der Waals surface area contributed by atoms with E-state index in [0.29, 0.717) is 0 Å². The standard InChI is InChI=1S/C13H26N2O/c1-11-4-3-6-14-13(11)9-15-7-5-12(8-15)10-16-2/h11-14H,3-10H2,1-2H3. The first-order valence-corrected chi connectivity index (χ1v) is 6.74. The minimum Gasteiger partial charge on any atom is -0.384 e. The van der Waals surface area contributed by atoms with Gasteiger partial charge in [0.15, 0.2) is 0 Å². The van der Waals surface area contributed by atoms with E-state index in [1.165, 1.54) is 45.4 Å². The molecule has 3 unspecified atom stereocenters. The summed E-state index contributed by atoms with van der Waals surface area (Å²) in [5.74, 6) is 1.61. The van der Waals surface area contributed by atoms with Crippen molar-refractivity contribution in [1.82, 2.24) is 10.2 Å². The Balaban J connectivity index is 1.73. The predicted molar refractivity (Wildman–Crippen MR) is 66.6 cm³/mol. The Kier molecular flexibility index (Phi) is 4.62. The van der Waals surface area contributed by atoms with Gasteiger partial charge in [0.1, 0.15) is 0 Å². The number of likely N-dealkylation sites (tertiary alicyclic amines) is 1. The number of methoxy groups -OCH3 is 1. The first-order chi connectivity index (χ1) is 7.79. The Morgan fingerprint density at radius 2 is 2.25 bits per heavy atom. The highest BCUT2D eigenvalue weighted by molar-refractivity contribution is 4.84. The molecule has 3 heteroatoms. The molecule has 2 aliphatic rings. The molecule has 0 aromatic heterocycles. The Labute approximate surface area is 99.5 Å². The summed E-state index contributed by atoms with van der Waals surface area (Å²) in [6.07, 6.45) is 4.06. The van der Waals surface area contributed by atoms with Crippen molar-refractivity contribution in [2.24, 2.45) is 11.8 Å². The van der Waals surface area contributed by atoms with Gasteiger partial charge in [-0.1, -0.05) is 6.92 Å². The van der Waals surface area contributed by atoms with Gasteiger partial charge in [0.05, 0.1) is 6.61 Å². The molecule has 2 saturated heterocycles. The highest BCUT2D eigenvalue weighted by atomic mass is 16.5. The van der Waals surface area contributed by atoms with Crippen LogP contribution >= 0.6 is 0 Å². The van der Waals surface area contributed by atoms with Crippen molar-refractivity contribution in [3.8, 4) is 0 Å². The van der Waals surface area contributed by atoms with Gasteiger partial charge in [0, 0.05) is 26.2 Å². The maximum Gasteiger partial charge on any atom is 0.0503 e. The molecule has 16 heavy (non-hydrogen) atoms. The van der Waals surface area contributed by atoms with E-state index in [4.69, 9.17) is 4.74 Å². The fraction of sp³-hybridized carbons (Fsp3) is 1.00. The van der Waals surface area contributed by atoms with Crippen molar-refractivity contribution in [2.45, 2.75) is 32.2 Å². The maximum absolute atomic E-state index is 5.24. The minimum atomic E-state index is 0.718. The molecule has 94 valence electrons. The summed E-state index contributed by atoms with van der Waals surface area (Å²) >= 11 is 0. The van der Waals surface area contributed by atoms with Gasteiger partial charge in [0.25, 0.3) is 0 Å². The van der Waals surface area contributed by atoms with Crippen LogP contribution in [0, 0.1) is 11.8 Å². The molecule has 2 rings (SSSR count). The molecule has 2 fully saturated rings. The van der Waals surface area contributed by atoms with Crippen molar-refractivity contribution in [1.29, 1.82) is 0 Å². The number of hydrogen-bond acceptors (Lipinski definition) is 3. The van der Waals surface area contributed by atoms with Crippen LogP contribution in [0.3, 0.4) is 0 Å². The minimum absolute atomic E-state index is 0.718. The SMILES string of the molecule is COCC1CCN(CC2NCCCC2C)C1. The highest BCUT2D eigenvalue weighted by Gasteiger charge is 2.27. The van der Waals surface area contributed by atoms with E-state index in [1.807, 2.05) is 7.11 Å². The highest BCUT2D eigenvalue weighted by Crippen LogP contribution is 2.21. The zero-order valence-electron chi connectivity index (χ0n) is 10.7. The third-order valence-electron chi connectivity index (χ3n) is 4.16. The van der Waals surface area contributed by atoms with Crippen molar-refractivity contribution in [3.63, 3.8) is 0 Å². The lowest BCUT2D eigenvalue weighted by Crippen LogP contribution is -2.47. The second-order valence-corrected chi connectivity index (χ2v) is 5.55. The van der Waals surface area contributed by atoms with E-state index < -0.39 is 0 Å². The molecular formula is C13H26N2O. The molecule has 0 aliphatic carbocycles. The molecule has 0 radical (unpaired) electrons. The lowest BCUT2D eigenvalue weighted by molar-refractivity contribution is 0.148. The average molecular weight is 226 g/mol. The van der Waals surface area contributed by atoms with Crippen LogP contribution in [0.2, 0.25) is 0 Å². The van der Waals surface area contributed by atoms with Crippen LogP contribution in [0.15, 0.2) is 0 Å². The Hall–Kier alpha value is -0.120. The van der Waals surface area contributed by atoms with E-state index >= 15 is 0 Å². The fourth-order valence-electron chi connectivity index (χ4n) is 3.09. The summed E-state index contributed by atoms with van der Waals surface area (Å²) < 4.78 is 5.24. The second-order valence-electron chi connectivity index (χ2n) is 5.55. The van der Waals surface area contributed by atoms with E-state index in [9.17, 15) is 0 Å². The van der Waals surface area contributed by atoms with Crippen molar-refractivity contribution < 1.29 is 4.74 Å². The monoisotopic (exact) mass is 226 g/mol. The molecule has 2 aliphatic heterocycles. The van der Waals surface area contributed by atoms with Crippen LogP contribution in [0.1, 0.15) is 26.2 Å². The number of rotatable bonds is 4. The van der Waals surface area contributed by atoms with E-state index in [2.05, 4.69) is 17.1 Å². The van der Waals surface area contributed by atoms with Crippen LogP contribution in [-0.4, -0.2) is 50.8 Å². The number of nitrogens with zero attached hydrogens (tertiary/aromatic N) is 1. The second kappa shape index (κ2) is 5.99. The van der Waals surface area contributed by atoms with Crippen molar-refractivity contribution in [2.75, 3.05) is 39.9 Å². The van der Waals surface area contributed by atoms with Crippen LogP contribution in [0.25, 0.3) is 0 Å². The van der Waals surface area contributed by atoms with Crippen molar-refractivity contribution in [3.05, 3.63) is 0 Å². The summed E-state index contributed by atoms with van der Waals surface area (Å²) in [5.41, 5.74) is 0. The molecule has 0 bridgehead atoms. The summed E-state index contributed by atoms with van der Waals surface area (Å²) in [5, 5.41) is 3.67. The Bertz CT molecular complexity index is 210. The van der Waals surface area contributed by atoms with Gasteiger partial charge < -0.3 is 15.0 Å². The molecule has 3 atom stereocenters. The molecule has 0 aromatic rings. The zero-order valence-corrected chi connectivity index (χ0v) is 10.7. The largest absolute Gasteiger partial charge is 0.384 e. The summed E-state index contributed by atoms with van der Waals surface area (Å²) in [7, 11) is 1.81. The van der Waals surface area contributed by atoms with Gasteiger partial charge >= 0.3 is 0 Å². The van der Waals surface area contributed by atoms with Gasteiger partial charge in [-0.2, -0.15) is 0 Å². The molecule has 0 saturated carbocycles. The molecule has 0 aromatic carbocycles. The third-order valence-corrected chi connectivity index (χ3v) is 4.16. The molecule has 0 amide bonds. The maximum atomic E-state index is 5.24. The lowest BCUT2D eigenvalue weighted by atomic mass is 9.92. The van der Waals surface area contributed by atoms with Crippen molar-refractivity contribution >= 4 is 0 Å². The predicted octanol–water partition coefficient (Wildman–Crippen LogP) is 1.34. The average Bonchev–Trinajstić information content (AvgIpc) is 2.70. The first-order valence-electron chi connectivity index (χ1n) is 6.74. The smallest absolute Gasteiger partial charge is 0.0503 e. The van der Waals surface area contributed by atoms with Gasteiger partial charge in [-0.05, 0) is 44.2 Å². The van der Waals surface area contributed by atoms with Gasteiger partial charge in [-0.25, -0.2) is 0 Å². The zero-order chi connectivity index (χ0) is 11.4. The summed E-state index contributed by atoms with van der Waals surface area (Å²) in [6.45, 7) is 8.27. The first kappa shape index (κ1) is 12.3. The molecule has 0 spiro atoms. The molecule has 1 N–H and O–H groups in total. The molecule has 2 heterocycles. The summed E-state index contributed by atoms with van der Waals surface area (Å²) in [4.78, 5) is 2.61. The van der Waals surface area contributed by atoms with E-state index in [0.717, 1.165) is 24.5 Å². The Morgan fingerprint density at radius 1 is 1.38 bits per heavy atom. The normalized spacial score (nSPS) is 36.8. The van der Waals surface area contributed by atoms with Crippen LogP contribution in [0.5, 0.6) is 0 Å². The van der Waals surface area contributed by atoms with Gasteiger partial charge in [0.2, 0.25) is 0 Å². The fourth-order valence-corrected chi connectivity index (χ4v) is 3.09. The molecule has 3 nitrogen and oxygen atoms in total. The van der Waals surface area contributed by atoms with Crippen LogP contribution in [-0.2, 0) is 4.74 Å². The quantitative estimate of drug-likeness (QED) is 0.783. The van der Waals surface area contributed by atoms with Gasteiger partial charge in [-0.3, -0.25) is 0 Å². The summed E-state index contributed by atoms with van der Waals surface area (Å²) in [6, 6.07) is 0.718. The topological polar surface area (TPSA) is 24.5 Å². The van der Waals surface area contributed by atoms with Crippen LogP contribution < -0.4 is 5.32 Å². The third kappa shape index (κ3) is 3.19. The number of piperidine rings is 1. The number of hydrogen-bond donors (Lipinski definition) is 1. The van der Waals surface area contributed by atoms with E-state index in [1.54, 1.807) is 0 Å². The molecular weight excluding hydrogens is 200 g/mol. The Morgan fingerprint density at radius 3 is 3.00 bits per heavy atom. The van der Waals surface area contributed by atoms with Gasteiger partial charge in [-0.15, -0.1) is 0 Å². The number of ether oxygens (including phenoxy) is 1. The lowest BCUT2D eigenvalue weighted by Gasteiger charge is -2.33.